The lowest BCUT2D eigenvalue weighted by atomic mass is 9.87. The summed E-state index contributed by atoms with van der Waals surface area (Å²) in [5.74, 6) is -0.873. The SMILES string of the molecule is CCCn1c(SCC(=O)NC(=O)c2ccc(C(C)(C)C)cc2)n[nH]c1=O. The maximum absolute atomic E-state index is 12.2. The van der Waals surface area contributed by atoms with Crippen molar-refractivity contribution in [3.63, 3.8) is 0 Å². The summed E-state index contributed by atoms with van der Waals surface area (Å²) < 4.78 is 1.48. The van der Waals surface area contributed by atoms with Crippen LogP contribution >= 0.6 is 11.8 Å². The molecule has 1 aromatic carbocycles. The molecule has 0 bridgehead atoms. The predicted molar refractivity (Wildman–Crippen MR) is 101 cm³/mol. The maximum Gasteiger partial charge on any atom is 0.343 e. The third kappa shape index (κ3) is 5.08. The van der Waals surface area contributed by atoms with Crippen LogP contribution in [-0.4, -0.2) is 32.3 Å². The van der Waals surface area contributed by atoms with Gasteiger partial charge in [0.15, 0.2) is 5.16 Å². The quantitative estimate of drug-likeness (QED) is 0.754. The van der Waals surface area contributed by atoms with E-state index in [9.17, 15) is 14.4 Å². The molecule has 0 aliphatic carbocycles. The molecule has 0 aliphatic heterocycles. The number of benzene rings is 1. The third-order valence-electron chi connectivity index (χ3n) is 3.77. The standard InChI is InChI=1S/C18H24N4O3S/c1-5-10-22-16(25)20-21-17(22)26-11-14(23)19-15(24)12-6-8-13(9-7-12)18(2,3)4/h6-9H,5,10-11H2,1-4H3,(H,20,25)(H,19,23,24). The maximum atomic E-state index is 12.2. The monoisotopic (exact) mass is 376 g/mol. The highest BCUT2D eigenvalue weighted by atomic mass is 32.2. The van der Waals surface area contributed by atoms with Crippen LogP contribution in [0.15, 0.2) is 34.2 Å². The van der Waals surface area contributed by atoms with Crippen LogP contribution in [0, 0.1) is 0 Å². The Labute approximate surface area is 156 Å². The van der Waals surface area contributed by atoms with Gasteiger partial charge in [-0.25, -0.2) is 9.89 Å². The number of aromatic amines is 1. The van der Waals surface area contributed by atoms with E-state index in [1.54, 1.807) is 12.1 Å². The highest BCUT2D eigenvalue weighted by Gasteiger charge is 2.16. The molecule has 2 N–H and O–H groups in total. The normalized spacial score (nSPS) is 11.4. The first-order valence-corrected chi connectivity index (χ1v) is 9.43. The largest absolute Gasteiger partial charge is 0.343 e. The van der Waals surface area contributed by atoms with Gasteiger partial charge >= 0.3 is 5.69 Å². The lowest BCUT2D eigenvalue weighted by Gasteiger charge is -2.18. The van der Waals surface area contributed by atoms with Crippen LogP contribution in [0.1, 0.15) is 50.0 Å². The number of aromatic nitrogens is 3. The second-order valence-electron chi connectivity index (χ2n) is 6.96. The molecule has 7 nitrogen and oxygen atoms in total. The Morgan fingerprint density at radius 3 is 2.46 bits per heavy atom. The Hall–Kier alpha value is -2.35. The molecule has 2 amide bonds. The van der Waals surface area contributed by atoms with Crippen molar-refractivity contribution >= 4 is 23.6 Å². The lowest BCUT2D eigenvalue weighted by Crippen LogP contribution is -2.32. The van der Waals surface area contributed by atoms with E-state index < -0.39 is 11.8 Å². The van der Waals surface area contributed by atoms with Crippen molar-refractivity contribution in [1.82, 2.24) is 20.1 Å². The Balaban J connectivity index is 1.93. The fourth-order valence-electron chi connectivity index (χ4n) is 2.32. The first-order chi connectivity index (χ1) is 12.2. The molecule has 26 heavy (non-hydrogen) atoms. The highest BCUT2D eigenvalue weighted by molar-refractivity contribution is 7.99. The van der Waals surface area contributed by atoms with Gasteiger partial charge in [-0.15, -0.1) is 5.10 Å². The molecular formula is C18H24N4O3S. The summed E-state index contributed by atoms with van der Waals surface area (Å²) >= 11 is 1.12. The van der Waals surface area contributed by atoms with Crippen LogP contribution in [0.4, 0.5) is 0 Å². The van der Waals surface area contributed by atoms with Gasteiger partial charge in [0.1, 0.15) is 0 Å². The molecule has 0 radical (unpaired) electrons. The van der Waals surface area contributed by atoms with Gasteiger partial charge in [0.25, 0.3) is 5.91 Å². The van der Waals surface area contributed by atoms with Crippen LogP contribution in [0.3, 0.4) is 0 Å². The molecule has 0 saturated heterocycles. The predicted octanol–water partition coefficient (Wildman–Crippen LogP) is 2.33. The molecule has 0 spiro atoms. The Kier molecular flexibility index (Phi) is 6.42. The zero-order chi connectivity index (χ0) is 19.3. The van der Waals surface area contributed by atoms with E-state index in [-0.39, 0.29) is 16.9 Å². The number of nitrogens with one attached hydrogen (secondary N) is 2. The number of amides is 2. The fraction of sp³-hybridized carbons (Fsp3) is 0.444. The van der Waals surface area contributed by atoms with E-state index in [4.69, 9.17) is 0 Å². The average molecular weight is 376 g/mol. The third-order valence-corrected chi connectivity index (χ3v) is 4.75. The summed E-state index contributed by atoms with van der Waals surface area (Å²) in [6.07, 6.45) is 0.780. The molecule has 0 unspecified atom stereocenters. The summed E-state index contributed by atoms with van der Waals surface area (Å²) in [4.78, 5) is 35.8. The number of carbonyl (C=O) groups excluding carboxylic acids is 2. The lowest BCUT2D eigenvalue weighted by molar-refractivity contribution is -0.117. The fourth-order valence-corrected chi connectivity index (χ4v) is 3.09. The number of hydrogen-bond donors (Lipinski definition) is 2. The van der Waals surface area contributed by atoms with E-state index in [0.717, 1.165) is 23.7 Å². The number of H-pyrrole nitrogens is 1. The van der Waals surface area contributed by atoms with Crippen LogP contribution in [-0.2, 0) is 16.8 Å². The molecule has 1 aromatic heterocycles. The van der Waals surface area contributed by atoms with Gasteiger partial charge in [-0.05, 0) is 29.5 Å². The molecule has 2 aromatic rings. The minimum Gasteiger partial charge on any atom is -0.292 e. The Morgan fingerprint density at radius 2 is 1.88 bits per heavy atom. The summed E-state index contributed by atoms with van der Waals surface area (Å²) in [5, 5.41) is 9.07. The van der Waals surface area contributed by atoms with Gasteiger partial charge in [-0.3, -0.25) is 19.5 Å². The van der Waals surface area contributed by atoms with Crippen molar-refractivity contribution in [3.05, 3.63) is 45.9 Å². The van der Waals surface area contributed by atoms with Crippen molar-refractivity contribution in [1.29, 1.82) is 0 Å². The van der Waals surface area contributed by atoms with Crippen LogP contribution in [0.25, 0.3) is 0 Å². The minimum absolute atomic E-state index is 0.000176. The number of thioether (sulfide) groups is 1. The van der Waals surface area contributed by atoms with Crippen LogP contribution in [0.5, 0.6) is 0 Å². The van der Waals surface area contributed by atoms with Crippen molar-refractivity contribution in [2.45, 2.75) is 51.2 Å². The topological polar surface area (TPSA) is 96.8 Å². The second kappa shape index (κ2) is 8.35. The van der Waals surface area contributed by atoms with Crippen molar-refractivity contribution in [2.24, 2.45) is 0 Å². The van der Waals surface area contributed by atoms with E-state index in [1.165, 1.54) is 4.57 Å². The molecule has 0 aliphatic rings. The van der Waals surface area contributed by atoms with Gasteiger partial charge in [-0.1, -0.05) is 51.6 Å². The summed E-state index contributed by atoms with van der Waals surface area (Å²) in [5.41, 5.74) is 1.24. The second-order valence-corrected chi connectivity index (χ2v) is 7.90. The van der Waals surface area contributed by atoms with Gasteiger partial charge < -0.3 is 0 Å². The summed E-state index contributed by atoms with van der Waals surface area (Å²) in [6, 6.07) is 7.20. The summed E-state index contributed by atoms with van der Waals surface area (Å²) in [7, 11) is 0. The van der Waals surface area contributed by atoms with Crippen molar-refractivity contribution in [2.75, 3.05) is 5.75 Å². The van der Waals surface area contributed by atoms with Crippen molar-refractivity contribution < 1.29 is 9.59 Å². The average Bonchev–Trinajstić information content (AvgIpc) is 2.93. The van der Waals surface area contributed by atoms with Gasteiger partial charge in [0.05, 0.1) is 5.75 Å². The Bertz CT molecular complexity index is 831. The number of carbonyl (C=O) groups is 2. The number of imide groups is 1. The number of nitrogens with zero attached hydrogens (tertiary/aromatic N) is 2. The Morgan fingerprint density at radius 1 is 1.23 bits per heavy atom. The zero-order valence-electron chi connectivity index (χ0n) is 15.5. The molecule has 140 valence electrons. The molecule has 2 rings (SSSR count). The first kappa shape index (κ1) is 20.0. The molecular weight excluding hydrogens is 352 g/mol. The van der Waals surface area contributed by atoms with Crippen molar-refractivity contribution in [3.8, 4) is 0 Å². The molecule has 1 heterocycles. The summed E-state index contributed by atoms with van der Waals surface area (Å²) in [6.45, 7) is 8.75. The zero-order valence-corrected chi connectivity index (χ0v) is 16.3. The van der Waals surface area contributed by atoms with E-state index in [2.05, 4.69) is 36.3 Å². The number of rotatable bonds is 6. The van der Waals surface area contributed by atoms with Gasteiger partial charge in [-0.2, -0.15) is 0 Å². The van der Waals surface area contributed by atoms with E-state index in [0.29, 0.717) is 17.3 Å². The first-order valence-electron chi connectivity index (χ1n) is 8.45. The van der Waals surface area contributed by atoms with Crippen LogP contribution < -0.4 is 11.0 Å². The van der Waals surface area contributed by atoms with Crippen LogP contribution in [0.2, 0.25) is 0 Å². The molecule has 0 atom stereocenters. The minimum atomic E-state index is -0.441. The highest BCUT2D eigenvalue weighted by Crippen LogP contribution is 2.22. The van der Waals surface area contributed by atoms with Gasteiger partial charge in [0, 0.05) is 12.1 Å². The van der Waals surface area contributed by atoms with E-state index >= 15 is 0 Å². The molecule has 0 fully saturated rings. The molecule has 8 heteroatoms. The van der Waals surface area contributed by atoms with Gasteiger partial charge in [0.2, 0.25) is 5.91 Å². The van der Waals surface area contributed by atoms with E-state index in [1.807, 2.05) is 19.1 Å². The molecule has 0 saturated carbocycles. The smallest absolute Gasteiger partial charge is 0.292 e. The number of hydrogen-bond acceptors (Lipinski definition) is 5.